The molecule has 0 saturated carbocycles. The number of nitriles is 1. The second-order valence-corrected chi connectivity index (χ2v) is 8.94. The Kier molecular flexibility index (Phi) is 6.03. The van der Waals surface area contributed by atoms with E-state index >= 15 is 0 Å². The highest BCUT2D eigenvalue weighted by Crippen LogP contribution is 2.33. The van der Waals surface area contributed by atoms with Gasteiger partial charge in [-0.15, -0.1) is 0 Å². The summed E-state index contributed by atoms with van der Waals surface area (Å²) in [5.41, 5.74) is 5.14. The average Bonchev–Trinajstić information content (AvgIpc) is 2.74. The Morgan fingerprint density at radius 2 is 1.97 bits per heavy atom. The van der Waals surface area contributed by atoms with Gasteiger partial charge in [0.2, 0.25) is 0 Å². The molecule has 0 unspecified atom stereocenters. The fraction of sp³-hybridized carbons (Fsp3) is 0.333. The van der Waals surface area contributed by atoms with Crippen LogP contribution in [0.1, 0.15) is 30.9 Å². The molecule has 148 valence electrons. The van der Waals surface area contributed by atoms with E-state index in [1.54, 1.807) is 0 Å². The highest BCUT2D eigenvalue weighted by atomic mass is 32.2. The molecule has 1 saturated heterocycles. The number of rotatable bonds is 5. The topological polar surface area (TPSA) is 52.0 Å². The van der Waals surface area contributed by atoms with E-state index in [0.29, 0.717) is 11.6 Å². The summed E-state index contributed by atoms with van der Waals surface area (Å²) in [5, 5.41) is 15.5. The Bertz CT molecular complexity index is 1050. The summed E-state index contributed by atoms with van der Waals surface area (Å²) < 4.78 is 2.48. The number of hydrogen-bond donors (Lipinski definition) is 1. The van der Waals surface area contributed by atoms with Gasteiger partial charge in [0.1, 0.15) is 0 Å². The van der Waals surface area contributed by atoms with E-state index in [-0.39, 0.29) is 0 Å². The zero-order valence-corrected chi connectivity index (χ0v) is 17.8. The van der Waals surface area contributed by atoms with E-state index < -0.39 is 0 Å². The van der Waals surface area contributed by atoms with Crippen LogP contribution in [-0.4, -0.2) is 34.2 Å². The van der Waals surface area contributed by atoms with Crippen molar-refractivity contribution in [2.24, 2.45) is 0 Å². The number of aromatic nitrogens is 1. The molecule has 0 spiro atoms. The minimum Gasteiger partial charge on any atom is -0.382 e. The number of pyridine rings is 1. The van der Waals surface area contributed by atoms with Crippen LogP contribution < -0.4 is 5.32 Å². The molecule has 0 atom stereocenters. The third-order valence-corrected chi connectivity index (χ3v) is 6.41. The van der Waals surface area contributed by atoms with Gasteiger partial charge in [-0.1, -0.05) is 24.9 Å². The van der Waals surface area contributed by atoms with Crippen LogP contribution in [0.25, 0.3) is 21.9 Å². The van der Waals surface area contributed by atoms with E-state index in [9.17, 15) is 5.26 Å². The molecule has 1 aliphatic rings. The van der Waals surface area contributed by atoms with Crippen LogP contribution in [-0.2, 0) is 0 Å². The van der Waals surface area contributed by atoms with Crippen molar-refractivity contribution in [3.63, 3.8) is 0 Å². The van der Waals surface area contributed by atoms with Crippen LogP contribution in [0, 0.1) is 18.3 Å². The molecular formula is C24H26N4S. The third kappa shape index (κ3) is 4.55. The Morgan fingerprint density at radius 3 is 2.72 bits per heavy atom. The fourth-order valence-corrected chi connectivity index (χ4v) is 4.86. The van der Waals surface area contributed by atoms with Crippen LogP contribution in [0.2, 0.25) is 0 Å². The van der Waals surface area contributed by atoms with Gasteiger partial charge in [-0.05, 0) is 72.2 Å². The molecule has 1 N–H and O–H groups in total. The predicted molar refractivity (Wildman–Crippen MR) is 123 cm³/mol. The first-order valence-electron chi connectivity index (χ1n) is 10.2. The summed E-state index contributed by atoms with van der Waals surface area (Å²) in [6.07, 6.45) is 6.07. The second-order valence-electron chi connectivity index (χ2n) is 7.59. The van der Waals surface area contributed by atoms with Crippen molar-refractivity contribution in [3.05, 3.63) is 59.9 Å². The molecule has 4 rings (SSSR count). The molecular weight excluding hydrogens is 376 g/mol. The van der Waals surface area contributed by atoms with E-state index in [2.05, 4.69) is 51.9 Å². The lowest BCUT2D eigenvalue weighted by Gasteiger charge is -2.32. The molecule has 4 nitrogen and oxygen atoms in total. The smallest absolute Gasteiger partial charge is 0.0991 e. The van der Waals surface area contributed by atoms with Gasteiger partial charge in [-0.3, -0.25) is 9.29 Å². The van der Waals surface area contributed by atoms with E-state index in [4.69, 9.17) is 0 Å². The van der Waals surface area contributed by atoms with Crippen LogP contribution in [0.5, 0.6) is 0 Å². The van der Waals surface area contributed by atoms with Crippen molar-refractivity contribution < 1.29 is 0 Å². The lowest BCUT2D eigenvalue weighted by molar-refractivity contribution is 0.359. The minimum absolute atomic E-state index is 0.467. The van der Waals surface area contributed by atoms with Gasteiger partial charge in [0, 0.05) is 48.4 Å². The summed E-state index contributed by atoms with van der Waals surface area (Å²) in [7, 11) is 0. The quantitative estimate of drug-likeness (QED) is 0.561. The van der Waals surface area contributed by atoms with Gasteiger partial charge in [-0.25, -0.2) is 0 Å². The molecule has 29 heavy (non-hydrogen) atoms. The average molecular weight is 403 g/mol. The molecule has 0 radical (unpaired) electrons. The van der Waals surface area contributed by atoms with E-state index in [1.165, 1.54) is 5.39 Å². The van der Waals surface area contributed by atoms with Crippen molar-refractivity contribution in [3.8, 4) is 17.2 Å². The van der Waals surface area contributed by atoms with Gasteiger partial charge < -0.3 is 5.32 Å². The maximum absolute atomic E-state index is 9.36. The van der Waals surface area contributed by atoms with Crippen LogP contribution >= 0.6 is 11.9 Å². The molecule has 1 fully saturated rings. The number of benzene rings is 2. The fourth-order valence-electron chi connectivity index (χ4n) is 4.03. The molecule has 3 aromatic rings. The summed E-state index contributed by atoms with van der Waals surface area (Å²) in [5.74, 6) is 1.14. The molecule has 2 aromatic carbocycles. The van der Waals surface area contributed by atoms with Crippen molar-refractivity contribution in [2.45, 2.75) is 32.7 Å². The summed E-state index contributed by atoms with van der Waals surface area (Å²) in [4.78, 5) is 4.35. The number of fused-ring (bicyclic) bond motifs is 1. The lowest BCUT2D eigenvalue weighted by atomic mass is 9.97. The van der Waals surface area contributed by atoms with Gasteiger partial charge in [0.05, 0.1) is 11.6 Å². The Balaban J connectivity index is 1.67. The summed E-state index contributed by atoms with van der Waals surface area (Å²) in [6, 6.07) is 15.3. The Hall–Kier alpha value is -2.55. The van der Waals surface area contributed by atoms with Gasteiger partial charge >= 0.3 is 0 Å². The standard InChI is InChI=1S/C24H26N4S/c1-3-29-28-8-5-22(6-9-28)27-24-14-21(13-19-4-7-26-16-23(19)24)20-11-17(2)10-18(12-20)15-25/h4,7,10-14,16,22,27H,3,5-6,8-9H2,1-2H3. The van der Waals surface area contributed by atoms with Crippen molar-refractivity contribution >= 4 is 28.4 Å². The number of piperidine rings is 1. The number of anilines is 1. The monoisotopic (exact) mass is 402 g/mol. The molecule has 2 heterocycles. The highest BCUT2D eigenvalue weighted by Gasteiger charge is 2.20. The zero-order chi connectivity index (χ0) is 20.2. The molecule has 1 aliphatic heterocycles. The van der Waals surface area contributed by atoms with Crippen LogP contribution in [0.4, 0.5) is 5.69 Å². The Labute approximate surface area is 177 Å². The van der Waals surface area contributed by atoms with Crippen molar-refractivity contribution in [2.75, 3.05) is 24.2 Å². The SMILES string of the molecule is CCSN1CCC(Nc2cc(-c3cc(C)cc(C#N)c3)cc3ccncc23)CC1. The number of hydrogen-bond acceptors (Lipinski definition) is 5. The van der Waals surface area contributed by atoms with Crippen LogP contribution in [0.3, 0.4) is 0 Å². The third-order valence-electron chi connectivity index (χ3n) is 5.42. The maximum Gasteiger partial charge on any atom is 0.0991 e. The molecule has 0 aliphatic carbocycles. The largest absolute Gasteiger partial charge is 0.382 e. The lowest BCUT2D eigenvalue weighted by Crippen LogP contribution is -2.35. The number of nitrogens with one attached hydrogen (secondary N) is 1. The second kappa shape index (κ2) is 8.86. The van der Waals surface area contributed by atoms with Crippen molar-refractivity contribution in [1.29, 1.82) is 5.26 Å². The van der Waals surface area contributed by atoms with E-state index in [0.717, 1.165) is 59.4 Å². The normalized spacial score (nSPS) is 15.3. The van der Waals surface area contributed by atoms with Crippen LogP contribution in [0.15, 0.2) is 48.8 Å². The first-order chi connectivity index (χ1) is 14.2. The maximum atomic E-state index is 9.36. The highest BCUT2D eigenvalue weighted by molar-refractivity contribution is 7.96. The minimum atomic E-state index is 0.467. The van der Waals surface area contributed by atoms with E-state index in [1.807, 2.05) is 43.4 Å². The zero-order valence-electron chi connectivity index (χ0n) is 17.0. The number of aryl methyl sites for hydroxylation is 1. The first-order valence-corrected chi connectivity index (χ1v) is 11.1. The van der Waals surface area contributed by atoms with Gasteiger partial charge in [-0.2, -0.15) is 5.26 Å². The van der Waals surface area contributed by atoms with Crippen molar-refractivity contribution in [1.82, 2.24) is 9.29 Å². The molecule has 1 aromatic heterocycles. The van der Waals surface area contributed by atoms with Gasteiger partial charge in [0.25, 0.3) is 0 Å². The molecule has 5 heteroatoms. The first kappa shape index (κ1) is 19.8. The summed E-state index contributed by atoms with van der Waals surface area (Å²) >= 11 is 1.94. The molecule has 0 amide bonds. The van der Waals surface area contributed by atoms with Gasteiger partial charge in [0.15, 0.2) is 0 Å². The summed E-state index contributed by atoms with van der Waals surface area (Å²) in [6.45, 7) is 6.49. The number of nitrogens with zero attached hydrogens (tertiary/aromatic N) is 3. The Morgan fingerprint density at radius 1 is 1.17 bits per heavy atom. The predicted octanol–water partition coefficient (Wildman–Crippen LogP) is 5.63. The molecule has 0 bridgehead atoms.